The van der Waals surface area contributed by atoms with Crippen LogP contribution < -0.4 is 5.32 Å². The fourth-order valence-electron chi connectivity index (χ4n) is 6.47. The van der Waals surface area contributed by atoms with Crippen molar-refractivity contribution in [2.45, 2.75) is 126 Å². The minimum atomic E-state index is -3.75. The van der Waals surface area contributed by atoms with E-state index < -0.39 is 33.1 Å². The summed E-state index contributed by atoms with van der Waals surface area (Å²) in [6, 6.07) is 14.2. The van der Waals surface area contributed by atoms with Gasteiger partial charge in [-0.05, 0) is 81.0 Å². The second-order valence-electron chi connectivity index (χ2n) is 14.9. The second kappa shape index (κ2) is 20.6. The molecule has 7 nitrogen and oxygen atoms in total. The quantitative estimate of drug-likeness (QED) is 0.0575. The Morgan fingerprint density at radius 2 is 1.29 bits per heavy atom. The molecule has 0 fully saturated rings. The maximum atomic E-state index is 14.0. The zero-order chi connectivity index (χ0) is 35.7. The standard InChI is InChI=1S/C41H62N2O5S/c1-6-8-10-14-18-33-20-24-35(25-21-33)40(44)38-32-37(49(46,47)36-26-22-34(23-27-36)19-15-11-9-7-2)28-29-39(38)42-41(45)48-31-17-13-12-16-30-43(3,4)5/h20-29,37-39H,6-19,30-32H2,1-5H3/p+1/t37-,38+,39+/m1/s1. The van der Waals surface area contributed by atoms with Crippen LogP contribution in [0.3, 0.4) is 0 Å². The molecule has 0 spiro atoms. The third kappa shape index (κ3) is 14.1. The maximum Gasteiger partial charge on any atom is 0.407 e. The highest BCUT2D eigenvalue weighted by atomic mass is 32.2. The van der Waals surface area contributed by atoms with Gasteiger partial charge in [0.05, 0.1) is 50.5 Å². The van der Waals surface area contributed by atoms with E-state index in [2.05, 4.69) is 40.3 Å². The average Bonchev–Trinajstić information content (AvgIpc) is 3.08. The predicted molar refractivity (Wildman–Crippen MR) is 201 cm³/mol. The van der Waals surface area contributed by atoms with Crippen molar-refractivity contribution in [2.75, 3.05) is 34.3 Å². The van der Waals surface area contributed by atoms with Gasteiger partial charge >= 0.3 is 6.09 Å². The molecule has 1 aliphatic carbocycles. The van der Waals surface area contributed by atoms with Crippen molar-refractivity contribution in [1.82, 2.24) is 5.32 Å². The number of unbranched alkanes of at least 4 members (excludes halogenated alkanes) is 9. The van der Waals surface area contributed by atoms with E-state index in [9.17, 15) is 18.0 Å². The lowest BCUT2D eigenvalue weighted by Crippen LogP contribution is -2.46. The van der Waals surface area contributed by atoms with Gasteiger partial charge in [-0.1, -0.05) is 101 Å². The van der Waals surface area contributed by atoms with Gasteiger partial charge in [-0.25, -0.2) is 13.2 Å². The first-order chi connectivity index (χ1) is 23.4. The second-order valence-corrected chi connectivity index (χ2v) is 17.0. The van der Waals surface area contributed by atoms with Gasteiger partial charge in [0.25, 0.3) is 0 Å². The largest absolute Gasteiger partial charge is 0.450 e. The van der Waals surface area contributed by atoms with E-state index in [-0.39, 0.29) is 17.1 Å². The Labute approximate surface area is 297 Å². The van der Waals surface area contributed by atoms with Crippen molar-refractivity contribution in [3.63, 3.8) is 0 Å². The van der Waals surface area contributed by atoms with E-state index >= 15 is 0 Å². The van der Waals surface area contributed by atoms with Crippen LogP contribution in [-0.2, 0) is 27.4 Å². The fourth-order valence-corrected chi connectivity index (χ4v) is 8.09. The lowest BCUT2D eigenvalue weighted by molar-refractivity contribution is -0.870. The van der Waals surface area contributed by atoms with Crippen molar-refractivity contribution in [2.24, 2.45) is 5.92 Å². The molecule has 0 aliphatic heterocycles. The molecule has 0 radical (unpaired) electrons. The molecule has 3 atom stereocenters. The van der Waals surface area contributed by atoms with Gasteiger partial charge in [-0.3, -0.25) is 4.79 Å². The zero-order valence-corrected chi connectivity index (χ0v) is 31.7. The Kier molecular flexibility index (Phi) is 17.0. The van der Waals surface area contributed by atoms with Crippen molar-refractivity contribution in [1.29, 1.82) is 0 Å². The number of ketones is 1. The number of rotatable bonds is 22. The Morgan fingerprint density at radius 1 is 0.735 bits per heavy atom. The van der Waals surface area contributed by atoms with Crippen LogP contribution in [0.2, 0.25) is 0 Å². The first-order valence-corrected chi connectivity index (χ1v) is 20.4. The predicted octanol–water partition coefficient (Wildman–Crippen LogP) is 8.89. The molecule has 2 aromatic carbocycles. The summed E-state index contributed by atoms with van der Waals surface area (Å²) in [6.45, 7) is 5.79. The highest BCUT2D eigenvalue weighted by Gasteiger charge is 2.39. The van der Waals surface area contributed by atoms with Gasteiger partial charge in [0.15, 0.2) is 15.6 Å². The van der Waals surface area contributed by atoms with Gasteiger partial charge in [0.1, 0.15) is 0 Å². The van der Waals surface area contributed by atoms with Crippen LogP contribution in [0, 0.1) is 5.92 Å². The lowest BCUT2D eigenvalue weighted by Gasteiger charge is -2.31. The number of quaternary nitrogens is 1. The van der Waals surface area contributed by atoms with Gasteiger partial charge < -0.3 is 14.5 Å². The molecule has 8 heteroatoms. The molecule has 0 saturated carbocycles. The summed E-state index contributed by atoms with van der Waals surface area (Å²) in [5.41, 5.74) is 2.83. The van der Waals surface area contributed by atoms with Crippen LogP contribution >= 0.6 is 0 Å². The summed E-state index contributed by atoms with van der Waals surface area (Å²) in [7, 11) is 2.79. The number of aryl methyl sites for hydroxylation is 2. The van der Waals surface area contributed by atoms with Crippen LogP contribution in [0.15, 0.2) is 65.6 Å². The first-order valence-electron chi connectivity index (χ1n) is 18.8. The molecule has 1 N–H and O–H groups in total. The fraction of sp³-hybridized carbons (Fsp3) is 0.610. The van der Waals surface area contributed by atoms with Crippen LogP contribution in [0.5, 0.6) is 0 Å². The number of hydrogen-bond donors (Lipinski definition) is 1. The Bertz CT molecular complexity index is 1410. The summed E-state index contributed by atoms with van der Waals surface area (Å²) in [5.74, 6) is -0.923. The van der Waals surface area contributed by atoms with Crippen molar-refractivity contribution >= 4 is 21.7 Å². The minimum Gasteiger partial charge on any atom is -0.450 e. The number of alkyl carbamates (subject to hydrolysis) is 1. The van der Waals surface area contributed by atoms with E-state index in [1.165, 1.54) is 44.1 Å². The molecular formula is C41H63N2O5S+. The number of hydrogen-bond acceptors (Lipinski definition) is 5. The Morgan fingerprint density at radius 3 is 1.86 bits per heavy atom. The van der Waals surface area contributed by atoms with Gasteiger partial charge in [-0.15, -0.1) is 0 Å². The Hall–Kier alpha value is -2.97. The highest BCUT2D eigenvalue weighted by Crippen LogP contribution is 2.31. The summed E-state index contributed by atoms with van der Waals surface area (Å²) in [6.07, 6.45) is 18.0. The van der Waals surface area contributed by atoms with Crippen LogP contribution in [0.25, 0.3) is 0 Å². The monoisotopic (exact) mass is 695 g/mol. The number of benzene rings is 2. The molecule has 0 aromatic heterocycles. The van der Waals surface area contributed by atoms with Gasteiger partial charge in [0.2, 0.25) is 0 Å². The van der Waals surface area contributed by atoms with Crippen LogP contribution in [0.4, 0.5) is 4.79 Å². The van der Waals surface area contributed by atoms with E-state index in [1.807, 2.05) is 36.4 Å². The molecule has 272 valence electrons. The molecule has 0 heterocycles. The molecule has 3 rings (SSSR count). The normalized spacial score (nSPS) is 17.9. The number of amides is 1. The Balaban J connectivity index is 1.70. The molecular weight excluding hydrogens is 633 g/mol. The molecule has 49 heavy (non-hydrogen) atoms. The average molecular weight is 696 g/mol. The van der Waals surface area contributed by atoms with Crippen molar-refractivity contribution in [3.8, 4) is 0 Å². The molecule has 2 aromatic rings. The van der Waals surface area contributed by atoms with E-state index in [0.29, 0.717) is 12.2 Å². The molecule has 1 aliphatic rings. The van der Waals surface area contributed by atoms with Crippen LogP contribution in [0.1, 0.15) is 119 Å². The van der Waals surface area contributed by atoms with E-state index in [0.717, 1.165) is 68.0 Å². The number of nitrogens with zero attached hydrogens (tertiary/aromatic N) is 1. The van der Waals surface area contributed by atoms with Crippen LogP contribution in [-0.4, -0.2) is 70.4 Å². The summed E-state index contributed by atoms with van der Waals surface area (Å²) in [4.78, 5) is 27.1. The smallest absolute Gasteiger partial charge is 0.407 e. The number of Topliss-reactive ketones (excluding diaryl/α,β-unsaturated/α-hetero) is 1. The van der Waals surface area contributed by atoms with E-state index in [1.54, 1.807) is 24.3 Å². The third-order valence-corrected chi connectivity index (χ3v) is 11.6. The number of nitrogens with one attached hydrogen (secondary N) is 1. The third-order valence-electron chi connectivity index (χ3n) is 9.56. The van der Waals surface area contributed by atoms with Crippen molar-refractivity contribution in [3.05, 3.63) is 77.4 Å². The lowest BCUT2D eigenvalue weighted by atomic mass is 9.83. The highest BCUT2D eigenvalue weighted by molar-refractivity contribution is 7.92. The molecule has 0 saturated heterocycles. The number of sulfone groups is 1. The summed E-state index contributed by atoms with van der Waals surface area (Å²) < 4.78 is 34.1. The minimum absolute atomic E-state index is 0.0758. The number of carbonyl (C=O) groups excluding carboxylic acids is 2. The SMILES string of the molecule is CCCCCCc1ccc(C(=O)[C@H]2C[C@H](S(=O)(=O)c3ccc(CCCCCC)cc3)C=C[C@@H]2NC(=O)OCCCCCC[N+](C)(C)C)cc1. The molecule has 1 amide bonds. The molecule has 0 bridgehead atoms. The maximum absolute atomic E-state index is 14.0. The number of ether oxygens (including phenoxy) is 1. The van der Waals surface area contributed by atoms with E-state index in [4.69, 9.17) is 4.74 Å². The summed E-state index contributed by atoms with van der Waals surface area (Å²) >= 11 is 0. The van der Waals surface area contributed by atoms with Gasteiger partial charge in [-0.2, -0.15) is 0 Å². The summed E-state index contributed by atoms with van der Waals surface area (Å²) in [5, 5.41) is 2.00. The first kappa shape index (κ1) is 40.5. The van der Waals surface area contributed by atoms with Gasteiger partial charge in [0, 0.05) is 11.5 Å². The molecule has 0 unspecified atom stereocenters. The zero-order valence-electron chi connectivity index (χ0n) is 30.9. The topological polar surface area (TPSA) is 89.5 Å². The van der Waals surface area contributed by atoms with Crippen molar-refractivity contribution < 1.29 is 27.2 Å². The number of carbonyl (C=O) groups is 2.